The zero-order valence-corrected chi connectivity index (χ0v) is 33.3. The Hall–Kier alpha value is -1.57. The average Bonchev–Trinajstić information content (AvgIpc) is 3.51. The quantitative estimate of drug-likeness (QED) is 0.0651. The van der Waals surface area contributed by atoms with Gasteiger partial charge in [-0.2, -0.15) is 0 Å². The second-order valence-corrected chi connectivity index (χ2v) is 15.7. The van der Waals surface area contributed by atoms with Gasteiger partial charge in [-0.1, -0.05) is 230 Å². The second kappa shape index (κ2) is 33.6. The lowest BCUT2D eigenvalue weighted by Gasteiger charge is -2.08. The van der Waals surface area contributed by atoms with Crippen LogP contribution in [0.3, 0.4) is 0 Å². The van der Waals surface area contributed by atoms with Crippen LogP contribution in [0, 0.1) is 0 Å². The largest absolute Gasteiger partial charge is 0.335 e. The van der Waals surface area contributed by atoms with Crippen LogP contribution in [0.4, 0.5) is 0 Å². The number of hydrogen-bond donors (Lipinski definition) is 0. The van der Waals surface area contributed by atoms with Crippen LogP contribution in [-0.2, 0) is 25.8 Å². The van der Waals surface area contributed by atoms with E-state index in [-0.39, 0.29) is 0 Å². The van der Waals surface area contributed by atoms with E-state index in [4.69, 9.17) is 4.98 Å². The molecular formula is C47H84N2. The summed E-state index contributed by atoms with van der Waals surface area (Å²) in [6.45, 7) is 5.78. The van der Waals surface area contributed by atoms with Gasteiger partial charge in [-0.05, 0) is 37.7 Å². The Morgan fingerprint density at radius 2 is 0.776 bits per heavy atom. The van der Waals surface area contributed by atoms with Crippen molar-refractivity contribution in [3.05, 3.63) is 53.6 Å². The highest BCUT2D eigenvalue weighted by molar-refractivity contribution is 5.15. The van der Waals surface area contributed by atoms with Crippen LogP contribution in [0.15, 0.2) is 36.5 Å². The van der Waals surface area contributed by atoms with Crippen LogP contribution in [0.2, 0.25) is 0 Å². The molecule has 0 spiro atoms. The Kier molecular flexibility index (Phi) is 29.9. The van der Waals surface area contributed by atoms with Crippen molar-refractivity contribution in [3.8, 4) is 0 Å². The summed E-state index contributed by atoms with van der Waals surface area (Å²) in [6.07, 6.45) is 51.4. The van der Waals surface area contributed by atoms with E-state index in [1.165, 1.54) is 223 Å². The van der Waals surface area contributed by atoms with Gasteiger partial charge < -0.3 is 4.57 Å². The third kappa shape index (κ3) is 26.0. The van der Waals surface area contributed by atoms with E-state index in [2.05, 4.69) is 54.9 Å². The lowest BCUT2D eigenvalue weighted by atomic mass is 10.0. The Bertz CT molecular complexity index is 931. The van der Waals surface area contributed by atoms with Crippen LogP contribution in [0.25, 0.3) is 0 Å². The number of nitrogens with zero attached hydrogens (tertiary/aromatic N) is 2. The maximum absolute atomic E-state index is 5.20. The van der Waals surface area contributed by atoms with E-state index in [0.29, 0.717) is 0 Å². The molecular weight excluding hydrogens is 593 g/mol. The summed E-state index contributed by atoms with van der Waals surface area (Å²) in [6, 6.07) is 11.0. The fourth-order valence-electron chi connectivity index (χ4n) is 7.63. The monoisotopic (exact) mass is 677 g/mol. The maximum atomic E-state index is 5.20. The minimum atomic E-state index is 1.10. The number of aromatic nitrogens is 2. The number of aryl methyl sites for hydroxylation is 4. The van der Waals surface area contributed by atoms with Gasteiger partial charge in [0, 0.05) is 19.2 Å². The van der Waals surface area contributed by atoms with E-state index in [9.17, 15) is 0 Å². The standard InChI is InChI=1S/C47H84N2/c1-3-5-7-9-11-13-15-17-19-20-21-23-25-27-29-31-36-43-49-44-46(41-37-40-45-38-33-32-34-39-45)48-47(49)42-35-30-28-26-24-22-18-16-14-12-10-8-6-4-2/h32-34,38-39,44H,3-31,35-37,40-43H2,1-2H3. The van der Waals surface area contributed by atoms with E-state index in [1.807, 2.05) is 0 Å². The molecule has 1 aromatic carbocycles. The zero-order chi connectivity index (χ0) is 34.7. The maximum Gasteiger partial charge on any atom is 0.108 e. The van der Waals surface area contributed by atoms with Crippen LogP contribution in [0.1, 0.15) is 236 Å². The molecule has 2 rings (SSSR count). The molecule has 0 fully saturated rings. The van der Waals surface area contributed by atoms with Gasteiger partial charge in [0.15, 0.2) is 0 Å². The summed E-state index contributed by atoms with van der Waals surface area (Å²) in [5, 5.41) is 0. The third-order valence-corrected chi connectivity index (χ3v) is 10.9. The van der Waals surface area contributed by atoms with Crippen molar-refractivity contribution in [2.24, 2.45) is 0 Å². The lowest BCUT2D eigenvalue weighted by molar-refractivity contribution is 0.512. The summed E-state index contributed by atoms with van der Waals surface area (Å²) in [5.41, 5.74) is 2.77. The molecule has 0 amide bonds. The highest BCUT2D eigenvalue weighted by Crippen LogP contribution is 2.18. The SMILES string of the molecule is CCCCCCCCCCCCCCCCCCCn1cc(CCCc2ccccc2)nc1CCCCCCCCCCCCCCCC. The molecule has 1 heterocycles. The number of rotatable bonds is 37. The van der Waals surface area contributed by atoms with Gasteiger partial charge in [-0.25, -0.2) is 4.98 Å². The number of imidazole rings is 1. The fourth-order valence-corrected chi connectivity index (χ4v) is 7.63. The summed E-state index contributed by atoms with van der Waals surface area (Å²) in [7, 11) is 0. The summed E-state index contributed by atoms with van der Waals surface area (Å²) in [4.78, 5) is 5.20. The Morgan fingerprint density at radius 3 is 1.20 bits per heavy atom. The van der Waals surface area contributed by atoms with Gasteiger partial charge in [0.1, 0.15) is 5.82 Å². The Morgan fingerprint density at radius 1 is 0.388 bits per heavy atom. The van der Waals surface area contributed by atoms with E-state index >= 15 is 0 Å². The van der Waals surface area contributed by atoms with Crippen molar-refractivity contribution in [2.45, 2.75) is 245 Å². The van der Waals surface area contributed by atoms with Gasteiger partial charge in [-0.15, -0.1) is 0 Å². The van der Waals surface area contributed by atoms with Gasteiger partial charge in [0.2, 0.25) is 0 Å². The van der Waals surface area contributed by atoms with E-state index in [1.54, 1.807) is 0 Å². The first-order chi connectivity index (χ1) is 24.3. The highest BCUT2D eigenvalue weighted by Gasteiger charge is 2.09. The second-order valence-electron chi connectivity index (χ2n) is 15.7. The molecule has 2 heteroatoms. The van der Waals surface area contributed by atoms with Crippen molar-refractivity contribution in [2.75, 3.05) is 0 Å². The molecule has 0 aliphatic carbocycles. The fraction of sp³-hybridized carbons (Fsp3) is 0.809. The molecule has 0 unspecified atom stereocenters. The average molecular weight is 677 g/mol. The highest BCUT2D eigenvalue weighted by atomic mass is 15.1. The van der Waals surface area contributed by atoms with Crippen LogP contribution in [-0.4, -0.2) is 9.55 Å². The van der Waals surface area contributed by atoms with Gasteiger partial charge in [-0.3, -0.25) is 0 Å². The molecule has 0 saturated carbocycles. The van der Waals surface area contributed by atoms with Crippen LogP contribution >= 0.6 is 0 Å². The molecule has 2 aromatic rings. The Labute approximate surface area is 307 Å². The van der Waals surface area contributed by atoms with Crippen molar-refractivity contribution >= 4 is 0 Å². The normalized spacial score (nSPS) is 11.6. The molecule has 0 atom stereocenters. The van der Waals surface area contributed by atoms with Crippen molar-refractivity contribution in [1.82, 2.24) is 9.55 Å². The lowest BCUT2D eigenvalue weighted by Crippen LogP contribution is -2.03. The van der Waals surface area contributed by atoms with E-state index in [0.717, 1.165) is 25.8 Å². The first-order valence-corrected chi connectivity index (χ1v) is 22.4. The number of unbranched alkanes of at least 4 members (excludes halogenated alkanes) is 29. The first-order valence-electron chi connectivity index (χ1n) is 22.4. The minimum Gasteiger partial charge on any atom is -0.335 e. The minimum absolute atomic E-state index is 1.10. The van der Waals surface area contributed by atoms with Gasteiger partial charge in [0.25, 0.3) is 0 Å². The molecule has 0 N–H and O–H groups in total. The molecule has 0 aliphatic heterocycles. The molecule has 0 bridgehead atoms. The predicted octanol–water partition coefficient (Wildman–Crippen LogP) is 15.7. The molecule has 49 heavy (non-hydrogen) atoms. The number of benzene rings is 1. The van der Waals surface area contributed by atoms with Crippen molar-refractivity contribution in [3.63, 3.8) is 0 Å². The molecule has 2 nitrogen and oxygen atoms in total. The zero-order valence-electron chi connectivity index (χ0n) is 33.3. The molecule has 0 aliphatic rings. The summed E-state index contributed by atoms with van der Waals surface area (Å²) < 4.78 is 2.55. The topological polar surface area (TPSA) is 17.8 Å². The van der Waals surface area contributed by atoms with Gasteiger partial charge >= 0.3 is 0 Å². The third-order valence-electron chi connectivity index (χ3n) is 10.9. The van der Waals surface area contributed by atoms with E-state index < -0.39 is 0 Å². The Balaban J connectivity index is 1.55. The molecule has 0 radical (unpaired) electrons. The molecule has 1 aromatic heterocycles. The van der Waals surface area contributed by atoms with Crippen LogP contribution in [0.5, 0.6) is 0 Å². The summed E-state index contributed by atoms with van der Waals surface area (Å²) >= 11 is 0. The number of hydrogen-bond acceptors (Lipinski definition) is 1. The molecule has 0 saturated heterocycles. The smallest absolute Gasteiger partial charge is 0.108 e. The van der Waals surface area contributed by atoms with Crippen LogP contribution < -0.4 is 0 Å². The molecule has 282 valence electrons. The first kappa shape index (κ1) is 43.6. The predicted molar refractivity (Wildman–Crippen MR) is 219 cm³/mol. The van der Waals surface area contributed by atoms with Gasteiger partial charge in [0.05, 0.1) is 5.69 Å². The van der Waals surface area contributed by atoms with Crippen molar-refractivity contribution < 1.29 is 0 Å². The summed E-state index contributed by atoms with van der Waals surface area (Å²) in [5.74, 6) is 1.37. The van der Waals surface area contributed by atoms with Crippen molar-refractivity contribution in [1.29, 1.82) is 0 Å².